The highest BCUT2D eigenvalue weighted by atomic mass is 16.5. The monoisotopic (exact) mass is 399 g/mol. The van der Waals surface area contributed by atoms with Crippen LogP contribution in [-0.4, -0.2) is 45.8 Å². The SMILES string of the molecule is COC(=O)c1ccc(NC(=O)COC(=O)/C=C/c2ccc(OC)cc2OC)cc1. The molecule has 0 radical (unpaired) electrons. The van der Waals surface area contributed by atoms with E-state index in [4.69, 9.17) is 14.2 Å². The summed E-state index contributed by atoms with van der Waals surface area (Å²) in [5, 5.41) is 2.56. The molecule has 2 rings (SSSR count). The predicted octanol–water partition coefficient (Wildman–Crippen LogP) is 2.69. The van der Waals surface area contributed by atoms with Crippen molar-refractivity contribution >= 4 is 29.6 Å². The van der Waals surface area contributed by atoms with Crippen molar-refractivity contribution in [1.29, 1.82) is 0 Å². The summed E-state index contributed by atoms with van der Waals surface area (Å²) >= 11 is 0. The van der Waals surface area contributed by atoms with Crippen molar-refractivity contribution in [2.24, 2.45) is 0 Å². The van der Waals surface area contributed by atoms with Crippen LogP contribution in [0.25, 0.3) is 6.08 Å². The smallest absolute Gasteiger partial charge is 0.337 e. The van der Waals surface area contributed by atoms with Crippen molar-refractivity contribution in [3.63, 3.8) is 0 Å². The number of ether oxygens (including phenoxy) is 4. The molecule has 8 nitrogen and oxygen atoms in total. The van der Waals surface area contributed by atoms with Crippen molar-refractivity contribution in [3.05, 3.63) is 59.7 Å². The highest BCUT2D eigenvalue weighted by Crippen LogP contribution is 2.25. The molecule has 0 saturated heterocycles. The van der Waals surface area contributed by atoms with Crippen molar-refractivity contribution in [2.75, 3.05) is 33.3 Å². The third-order valence-electron chi connectivity index (χ3n) is 3.77. The van der Waals surface area contributed by atoms with Gasteiger partial charge in [0.25, 0.3) is 5.91 Å². The van der Waals surface area contributed by atoms with Crippen molar-refractivity contribution in [1.82, 2.24) is 0 Å². The second kappa shape index (κ2) is 10.5. The van der Waals surface area contributed by atoms with E-state index in [9.17, 15) is 14.4 Å². The number of rotatable bonds is 8. The maximum Gasteiger partial charge on any atom is 0.337 e. The van der Waals surface area contributed by atoms with Crippen LogP contribution in [0.3, 0.4) is 0 Å². The second-order valence-electron chi connectivity index (χ2n) is 5.67. The molecule has 0 unspecified atom stereocenters. The summed E-state index contributed by atoms with van der Waals surface area (Å²) in [6, 6.07) is 11.3. The van der Waals surface area contributed by atoms with Gasteiger partial charge in [0.1, 0.15) is 11.5 Å². The lowest BCUT2D eigenvalue weighted by atomic mass is 10.2. The van der Waals surface area contributed by atoms with Crippen LogP contribution >= 0.6 is 0 Å². The van der Waals surface area contributed by atoms with Gasteiger partial charge >= 0.3 is 11.9 Å². The summed E-state index contributed by atoms with van der Waals surface area (Å²) in [6.45, 7) is -0.457. The second-order valence-corrected chi connectivity index (χ2v) is 5.67. The number of hydrogen-bond donors (Lipinski definition) is 1. The van der Waals surface area contributed by atoms with Crippen LogP contribution in [0.1, 0.15) is 15.9 Å². The fraction of sp³-hybridized carbons (Fsp3) is 0.190. The van der Waals surface area contributed by atoms with Crippen LogP contribution in [-0.2, 0) is 19.1 Å². The van der Waals surface area contributed by atoms with E-state index in [1.54, 1.807) is 37.4 Å². The van der Waals surface area contributed by atoms with Crippen LogP contribution in [0.15, 0.2) is 48.5 Å². The normalized spacial score (nSPS) is 10.3. The van der Waals surface area contributed by atoms with E-state index in [0.29, 0.717) is 28.3 Å². The summed E-state index contributed by atoms with van der Waals surface area (Å²) in [4.78, 5) is 35.1. The van der Waals surface area contributed by atoms with Gasteiger partial charge in [-0.15, -0.1) is 0 Å². The van der Waals surface area contributed by atoms with E-state index >= 15 is 0 Å². The van der Waals surface area contributed by atoms with E-state index in [1.807, 2.05) is 0 Å². The quantitative estimate of drug-likeness (QED) is 0.538. The number of esters is 2. The molecule has 2 aromatic carbocycles. The minimum absolute atomic E-state index is 0.357. The maximum absolute atomic E-state index is 11.9. The summed E-state index contributed by atoms with van der Waals surface area (Å²) < 4.78 is 19.9. The summed E-state index contributed by atoms with van der Waals surface area (Å²) in [6.07, 6.45) is 2.72. The Morgan fingerprint density at radius 2 is 1.69 bits per heavy atom. The molecule has 1 N–H and O–H groups in total. The van der Waals surface area contributed by atoms with E-state index in [2.05, 4.69) is 10.1 Å². The van der Waals surface area contributed by atoms with Crippen LogP contribution in [0.5, 0.6) is 11.5 Å². The Morgan fingerprint density at radius 3 is 2.31 bits per heavy atom. The molecule has 0 aliphatic heterocycles. The number of nitrogens with one attached hydrogen (secondary N) is 1. The molecular weight excluding hydrogens is 378 g/mol. The van der Waals surface area contributed by atoms with Gasteiger partial charge in [0.05, 0.1) is 26.9 Å². The zero-order chi connectivity index (χ0) is 21.2. The lowest BCUT2D eigenvalue weighted by molar-refractivity contribution is -0.142. The first kappa shape index (κ1) is 21.5. The summed E-state index contributed by atoms with van der Waals surface area (Å²) in [5.41, 5.74) is 1.47. The highest BCUT2D eigenvalue weighted by Gasteiger charge is 2.09. The minimum Gasteiger partial charge on any atom is -0.497 e. The number of methoxy groups -OCH3 is 3. The van der Waals surface area contributed by atoms with Crippen molar-refractivity contribution in [2.45, 2.75) is 0 Å². The number of hydrogen-bond acceptors (Lipinski definition) is 7. The summed E-state index contributed by atoms with van der Waals surface area (Å²) in [7, 11) is 4.33. The zero-order valence-electron chi connectivity index (χ0n) is 16.3. The number of anilines is 1. The van der Waals surface area contributed by atoms with Gasteiger partial charge in [-0.25, -0.2) is 9.59 Å². The number of carbonyl (C=O) groups excluding carboxylic acids is 3. The number of carbonyl (C=O) groups is 3. The first-order valence-electron chi connectivity index (χ1n) is 8.52. The standard InChI is InChI=1S/C21H21NO7/c1-26-17-10-6-14(18(12-17)27-2)7-11-20(24)29-13-19(23)22-16-8-4-15(5-9-16)21(25)28-3/h4-12H,13H2,1-3H3,(H,22,23)/b11-7+. The lowest BCUT2D eigenvalue weighted by Gasteiger charge is -2.07. The minimum atomic E-state index is -0.681. The molecule has 0 aliphatic rings. The van der Waals surface area contributed by atoms with E-state index in [0.717, 1.165) is 0 Å². The van der Waals surface area contributed by atoms with Crippen LogP contribution in [0.4, 0.5) is 5.69 Å². The average Bonchev–Trinajstić information content (AvgIpc) is 2.76. The molecule has 0 bridgehead atoms. The zero-order valence-corrected chi connectivity index (χ0v) is 16.3. The fourth-order valence-electron chi connectivity index (χ4n) is 2.30. The Kier molecular flexibility index (Phi) is 7.78. The third kappa shape index (κ3) is 6.39. The van der Waals surface area contributed by atoms with Crippen LogP contribution < -0.4 is 14.8 Å². The average molecular weight is 399 g/mol. The molecule has 2 aromatic rings. The fourth-order valence-corrected chi connectivity index (χ4v) is 2.30. The molecule has 8 heteroatoms. The predicted molar refractivity (Wildman–Crippen MR) is 106 cm³/mol. The Labute approximate surface area is 168 Å². The molecule has 0 saturated carbocycles. The molecule has 152 valence electrons. The molecular formula is C21H21NO7. The molecule has 0 spiro atoms. The Balaban J connectivity index is 1.86. The first-order valence-corrected chi connectivity index (χ1v) is 8.52. The van der Waals surface area contributed by atoms with Crippen molar-refractivity contribution in [3.8, 4) is 11.5 Å². The maximum atomic E-state index is 11.9. The van der Waals surface area contributed by atoms with Gasteiger partial charge in [-0.2, -0.15) is 0 Å². The van der Waals surface area contributed by atoms with Crippen LogP contribution in [0, 0.1) is 0 Å². The first-order chi connectivity index (χ1) is 14.0. The molecule has 29 heavy (non-hydrogen) atoms. The lowest BCUT2D eigenvalue weighted by Crippen LogP contribution is -2.20. The Bertz CT molecular complexity index is 904. The van der Waals surface area contributed by atoms with Gasteiger partial charge in [-0.05, 0) is 42.5 Å². The van der Waals surface area contributed by atoms with Gasteiger partial charge in [-0.3, -0.25) is 4.79 Å². The largest absolute Gasteiger partial charge is 0.497 e. The Morgan fingerprint density at radius 1 is 0.966 bits per heavy atom. The molecule has 1 amide bonds. The van der Waals surface area contributed by atoms with E-state index in [1.165, 1.54) is 38.5 Å². The number of benzene rings is 2. The van der Waals surface area contributed by atoms with Gasteiger partial charge < -0.3 is 24.3 Å². The molecule has 0 aromatic heterocycles. The molecule has 0 aliphatic carbocycles. The van der Waals surface area contributed by atoms with E-state index in [-0.39, 0.29) is 0 Å². The van der Waals surface area contributed by atoms with Gasteiger partial charge in [0, 0.05) is 23.4 Å². The van der Waals surface area contributed by atoms with Crippen molar-refractivity contribution < 1.29 is 33.3 Å². The van der Waals surface area contributed by atoms with Gasteiger partial charge in [0.15, 0.2) is 6.61 Å². The highest BCUT2D eigenvalue weighted by molar-refractivity contribution is 5.95. The topological polar surface area (TPSA) is 100 Å². The summed E-state index contributed by atoms with van der Waals surface area (Å²) in [5.74, 6) is -0.518. The van der Waals surface area contributed by atoms with Gasteiger partial charge in [-0.1, -0.05) is 0 Å². The Hall–Kier alpha value is -3.81. The third-order valence-corrected chi connectivity index (χ3v) is 3.77. The number of amides is 1. The van der Waals surface area contributed by atoms with Gasteiger partial charge in [0.2, 0.25) is 0 Å². The molecule has 0 atom stereocenters. The molecule has 0 fully saturated rings. The molecule has 0 heterocycles. The van der Waals surface area contributed by atoms with E-state index < -0.39 is 24.5 Å². The van der Waals surface area contributed by atoms with Crippen LogP contribution in [0.2, 0.25) is 0 Å².